The highest BCUT2D eigenvalue weighted by Crippen LogP contribution is 2.44. The van der Waals surface area contributed by atoms with Crippen LogP contribution in [0.1, 0.15) is 48.0 Å². The molecule has 266 valence electrons. The summed E-state index contributed by atoms with van der Waals surface area (Å²) in [6.07, 6.45) is 0. The summed E-state index contributed by atoms with van der Waals surface area (Å²) in [4.78, 5) is 0. The summed E-state index contributed by atoms with van der Waals surface area (Å²) in [7, 11) is 0. The molecule has 57 heavy (non-hydrogen) atoms. The topological polar surface area (TPSA) is 14.8 Å². The molecule has 0 aliphatic carbocycles. The van der Waals surface area contributed by atoms with Crippen molar-refractivity contribution in [2.75, 3.05) is 0 Å². The van der Waals surface area contributed by atoms with Crippen molar-refractivity contribution in [1.29, 1.82) is 0 Å². The number of para-hydroxylation sites is 5. The number of nitrogens with zero attached hydrogens (tertiary/aromatic N) is 3. The molecule has 0 atom stereocenters. The number of fused-ring (bicyclic) bond motifs is 9. The molecule has 0 aliphatic rings. The van der Waals surface area contributed by atoms with Gasteiger partial charge >= 0.3 is 0 Å². The lowest BCUT2D eigenvalue weighted by molar-refractivity contribution is 1.17. The van der Waals surface area contributed by atoms with Crippen molar-refractivity contribution in [1.82, 2.24) is 13.7 Å². The Morgan fingerprint density at radius 2 is 0.737 bits per heavy atom. The summed E-state index contributed by atoms with van der Waals surface area (Å²) < 4.78 is 324. The molecule has 0 saturated carbocycles. The minimum absolute atomic E-state index is 0.537. The van der Waals surface area contributed by atoms with E-state index in [9.17, 15) is 26.0 Å². The Morgan fingerprint density at radius 3 is 1.33 bits per heavy atom. The minimum atomic E-state index is -1.24. The van der Waals surface area contributed by atoms with Gasteiger partial charge in [0.15, 0.2) is 0 Å². The largest absolute Gasteiger partial charge is 0.309 e. The lowest BCUT2D eigenvalue weighted by Gasteiger charge is -2.19. The van der Waals surface area contributed by atoms with Crippen LogP contribution in [0, 0.1) is 0 Å². The van der Waals surface area contributed by atoms with Crippen molar-refractivity contribution in [2.45, 2.75) is 0 Å². The average molecular weight is 761 g/mol. The van der Waals surface area contributed by atoms with Crippen LogP contribution >= 0.6 is 0 Å². The molecule has 0 aliphatic heterocycles. The summed E-state index contributed by atoms with van der Waals surface area (Å²) in [5.41, 5.74) is -11.9. The molecule has 0 saturated heterocycles. The standard InChI is InChI=1S/C54H35N3/c1-3-17-36(18-4-1)39-25-15-26-40(37-19-5-2-6-20-37)54(39)57-49-30-14-10-24-44(49)53-51(31-16-32-52(53)57)56-48-29-13-9-23-43(48)45-35-38(33-34-50(45)56)55-46-27-11-7-21-41(46)42-22-8-12-28-47(42)55/h1-35H/i1D,2D,3D,4D,5D,6D,7D,8D,9D,10D,11D,12D,13D,14D,15D,16D,17D,18D,19D,20D,21D,22D,23D,24D,25D,26D,27D,28D,29D,30D,31D,32D,33D,34D,35D. The predicted molar refractivity (Wildman–Crippen MR) is 240 cm³/mol. The quantitative estimate of drug-likeness (QED) is 0.166. The van der Waals surface area contributed by atoms with Crippen LogP contribution in [0.25, 0.3) is 105 Å². The Balaban J connectivity index is 1.41. The van der Waals surface area contributed by atoms with E-state index in [0.717, 1.165) is 4.57 Å². The van der Waals surface area contributed by atoms with Gasteiger partial charge in [-0.15, -0.1) is 0 Å². The fraction of sp³-hybridized carbons (Fsp3) is 0. The van der Waals surface area contributed by atoms with E-state index in [4.69, 9.17) is 21.9 Å². The highest BCUT2D eigenvalue weighted by Gasteiger charge is 2.23. The molecule has 0 fully saturated rings. The van der Waals surface area contributed by atoms with Crippen LogP contribution < -0.4 is 0 Å². The van der Waals surface area contributed by atoms with Gasteiger partial charge < -0.3 is 13.7 Å². The molecular weight excluding hydrogens is 691 g/mol. The Morgan fingerprint density at radius 1 is 0.298 bits per heavy atom. The van der Waals surface area contributed by atoms with Gasteiger partial charge in [0.2, 0.25) is 0 Å². The van der Waals surface area contributed by atoms with Gasteiger partial charge in [0.25, 0.3) is 0 Å². The maximum Gasteiger partial charge on any atom is 0.0652 e. The molecule has 3 nitrogen and oxygen atoms in total. The van der Waals surface area contributed by atoms with E-state index in [2.05, 4.69) is 0 Å². The second-order valence-electron chi connectivity index (χ2n) is 12.3. The normalized spacial score (nSPS) is 20.5. The molecule has 0 N–H and O–H groups in total. The number of rotatable bonds is 5. The van der Waals surface area contributed by atoms with Gasteiger partial charge in [-0.2, -0.15) is 0 Å². The Labute approximate surface area is 378 Å². The SMILES string of the molecule is [2H]c1c([2H])c([2H])c(-c2c([2H])c([2H])c([2H])c(-c3c([2H])c([2H])c([2H])c([2H])c3[2H])c2-n2c3c([2H])c([2H])c([2H])c([2H])c3c3c(-n4c5c([2H])c([2H])c([2H])c([2H])c5c5c([2H])c(-n6c7c([2H])c([2H])c([2H])c([2H])c7c7c([2H])c([2H])c([2H])c([2H])c76)c([2H])c([2H])c54)c([2H])c([2H])c([2H])c32)c([2H])c1[2H]. The van der Waals surface area contributed by atoms with E-state index < -0.39 is 316 Å². The molecule has 9 aromatic carbocycles. The molecule has 12 rings (SSSR count). The van der Waals surface area contributed by atoms with Gasteiger partial charge in [-0.05, 0) is 65.5 Å². The van der Waals surface area contributed by atoms with Crippen LogP contribution in [0.15, 0.2) is 211 Å². The summed E-state index contributed by atoms with van der Waals surface area (Å²) in [5, 5.41) is -4.29. The zero-order valence-corrected chi connectivity index (χ0v) is 28.3. The highest BCUT2D eigenvalue weighted by atomic mass is 15.0. The molecule has 0 amide bonds. The Bertz CT molecular complexity index is 5350. The molecule has 3 heteroatoms. The van der Waals surface area contributed by atoms with Gasteiger partial charge in [0.1, 0.15) is 0 Å². The second kappa shape index (κ2) is 12.5. The molecule has 0 spiro atoms. The summed E-state index contributed by atoms with van der Waals surface area (Å²) in [6.45, 7) is 0. The maximum absolute atomic E-state index is 10.2. The van der Waals surface area contributed by atoms with E-state index in [0.29, 0.717) is 9.13 Å². The number of aromatic nitrogens is 3. The number of hydrogen-bond acceptors (Lipinski definition) is 0. The van der Waals surface area contributed by atoms with Gasteiger partial charge in [0.05, 0.1) is 92.5 Å². The molecular formula is C54H35N3. The van der Waals surface area contributed by atoms with E-state index in [1.165, 1.54) is 0 Å². The van der Waals surface area contributed by atoms with E-state index in [1.807, 2.05) is 0 Å². The van der Waals surface area contributed by atoms with Crippen LogP contribution in [0.5, 0.6) is 0 Å². The Kier molecular flexibility index (Phi) is 2.78. The van der Waals surface area contributed by atoms with Crippen LogP contribution in [-0.2, 0) is 0 Å². The summed E-state index contributed by atoms with van der Waals surface area (Å²) >= 11 is 0. The third-order valence-corrected chi connectivity index (χ3v) is 9.40. The molecule has 0 radical (unpaired) electrons. The van der Waals surface area contributed by atoms with E-state index >= 15 is 0 Å². The fourth-order valence-electron chi connectivity index (χ4n) is 7.17. The highest BCUT2D eigenvalue weighted by molar-refractivity contribution is 6.17. The van der Waals surface area contributed by atoms with Gasteiger partial charge in [-0.25, -0.2) is 0 Å². The molecule has 0 bridgehead atoms. The third kappa shape index (κ3) is 4.66. The molecule has 3 aromatic heterocycles. The maximum atomic E-state index is 10.2. The molecule has 0 unspecified atom stereocenters. The fourth-order valence-corrected chi connectivity index (χ4v) is 7.17. The van der Waals surface area contributed by atoms with E-state index in [1.54, 1.807) is 0 Å². The molecule has 3 heterocycles. The van der Waals surface area contributed by atoms with Crippen molar-refractivity contribution in [2.24, 2.45) is 0 Å². The zero-order chi connectivity index (χ0) is 67.9. The first-order valence-electron chi connectivity index (χ1n) is 34.3. The zero-order valence-electron chi connectivity index (χ0n) is 63.3. The summed E-state index contributed by atoms with van der Waals surface area (Å²) in [5.74, 6) is 0. The smallest absolute Gasteiger partial charge is 0.0652 e. The minimum Gasteiger partial charge on any atom is -0.309 e. The Hall–Kier alpha value is -7.62. The lowest BCUT2D eigenvalue weighted by Crippen LogP contribution is -2.01. The van der Waals surface area contributed by atoms with Gasteiger partial charge in [-0.1, -0.05) is 157 Å². The summed E-state index contributed by atoms with van der Waals surface area (Å²) in [6, 6.07) is -37.3. The van der Waals surface area contributed by atoms with Crippen LogP contribution in [0.3, 0.4) is 0 Å². The van der Waals surface area contributed by atoms with Crippen molar-refractivity contribution < 1.29 is 48.0 Å². The third-order valence-electron chi connectivity index (χ3n) is 9.40. The lowest BCUT2D eigenvalue weighted by atomic mass is 9.95. The second-order valence-corrected chi connectivity index (χ2v) is 12.3. The average Bonchev–Trinajstić information content (AvgIpc) is 1.49. The first kappa shape index (κ1) is 12.7. The molecule has 12 aromatic rings. The van der Waals surface area contributed by atoms with Crippen molar-refractivity contribution in [3.05, 3.63) is 211 Å². The van der Waals surface area contributed by atoms with Gasteiger partial charge in [-0.3, -0.25) is 0 Å². The van der Waals surface area contributed by atoms with Crippen molar-refractivity contribution >= 4 is 65.4 Å². The van der Waals surface area contributed by atoms with Crippen LogP contribution in [0.4, 0.5) is 0 Å². The number of hydrogen-bond donors (Lipinski definition) is 0. The number of benzene rings is 9. The van der Waals surface area contributed by atoms with Crippen LogP contribution in [0.2, 0.25) is 0 Å². The van der Waals surface area contributed by atoms with Gasteiger partial charge in [0, 0.05) is 49.1 Å². The van der Waals surface area contributed by atoms with Crippen molar-refractivity contribution in [3.8, 4) is 39.3 Å². The van der Waals surface area contributed by atoms with Crippen molar-refractivity contribution in [3.63, 3.8) is 0 Å². The monoisotopic (exact) mass is 761 g/mol. The first-order chi connectivity index (χ1) is 42.9. The predicted octanol–water partition coefficient (Wildman–Crippen LogP) is 14.3. The first-order valence-corrected chi connectivity index (χ1v) is 16.8. The van der Waals surface area contributed by atoms with Crippen LogP contribution in [-0.4, -0.2) is 13.7 Å². The van der Waals surface area contributed by atoms with E-state index in [-0.39, 0.29) is 0 Å².